The molecule has 1 aliphatic heterocycles. The SMILES string of the molecule is CCC1NC(C)N(CCCN(CC)CC)C1=O. The summed E-state index contributed by atoms with van der Waals surface area (Å²) in [6, 6.07) is 0.0402. The van der Waals surface area contributed by atoms with Crippen LogP contribution in [0.5, 0.6) is 0 Å². The van der Waals surface area contributed by atoms with Gasteiger partial charge in [0.2, 0.25) is 5.91 Å². The maximum absolute atomic E-state index is 12.0. The highest BCUT2D eigenvalue weighted by Crippen LogP contribution is 2.13. The van der Waals surface area contributed by atoms with E-state index in [0.29, 0.717) is 0 Å². The van der Waals surface area contributed by atoms with Gasteiger partial charge < -0.3 is 9.80 Å². The molecule has 2 unspecified atom stereocenters. The van der Waals surface area contributed by atoms with E-state index in [1.807, 2.05) is 4.90 Å². The molecule has 1 saturated heterocycles. The molecule has 17 heavy (non-hydrogen) atoms. The molecule has 4 nitrogen and oxygen atoms in total. The van der Waals surface area contributed by atoms with Crippen LogP contribution in [0.3, 0.4) is 0 Å². The van der Waals surface area contributed by atoms with E-state index in [1.165, 1.54) is 0 Å². The van der Waals surface area contributed by atoms with Gasteiger partial charge in [0, 0.05) is 6.54 Å². The first-order valence-corrected chi connectivity index (χ1v) is 6.92. The van der Waals surface area contributed by atoms with Crippen molar-refractivity contribution < 1.29 is 4.79 Å². The van der Waals surface area contributed by atoms with Crippen molar-refractivity contribution in [3.05, 3.63) is 0 Å². The monoisotopic (exact) mass is 241 g/mol. The fourth-order valence-electron chi connectivity index (χ4n) is 2.44. The minimum atomic E-state index is 0.0402. The second-order valence-corrected chi connectivity index (χ2v) is 4.72. The molecule has 0 bridgehead atoms. The summed E-state index contributed by atoms with van der Waals surface area (Å²) >= 11 is 0. The van der Waals surface area contributed by atoms with Crippen LogP contribution in [0.15, 0.2) is 0 Å². The van der Waals surface area contributed by atoms with Crippen molar-refractivity contribution in [3.63, 3.8) is 0 Å². The molecule has 1 rings (SSSR count). The Labute approximate surface area is 105 Å². The number of carbonyl (C=O) groups is 1. The Bertz CT molecular complexity index is 241. The molecule has 0 aromatic rings. The van der Waals surface area contributed by atoms with Crippen molar-refractivity contribution in [1.29, 1.82) is 0 Å². The van der Waals surface area contributed by atoms with Crippen LogP contribution in [0.2, 0.25) is 0 Å². The average Bonchev–Trinajstić information content (AvgIpc) is 2.61. The van der Waals surface area contributed by atoms with E-state index >= 15 is 0 Å². The smallest absolute Gasteiger partial charge is 0.240 e. The maximum Gasteiger partial charge on any atom is 0.240 e. The van der Waals surface area contributed by atoms with E-state index in [-0.39, 0.29) is 18.1 Å². The first kappa shape index (κ1) is 14.5. The molecule has 4 heteroatoms. The molecule has 1 amide bonds. The second-order valence-electron chi connectivity index (χ2n) is 4.72. The summed E-state index contributed by atoms with van der Waals surface area (Å²) in [5.41, 5.74) is 0. The Kier molecular flexibility index (Phi) is 5.92. The van der Waals surface area contributed by atoms with Crippen LogP contribution >= 0.6 is 0 Å². The summed E-state index contributed by atoms with van der Waals surface area (Å²) in [6.07, 6.45) is 2.15. The average molecular weight is 241 g/mol. The highest BCUT2D eigenvalue weighted by Gasteiger charge is 2.34. The summed E-state index contributed by atoms with van der Waals surface area (Å²) in [6.45, 7) is 12.6. The summed E-state index contributed by atoms with van der Waals surface area (Å²) in [5.74, 6) is 0.277. The third kappa shape index (κ3) is 3.68. The molecule has 1 aliphatic rings. The highest BCUT2D eigenvalue weighted by atomic mass is 16.2. The normalized spacial score (nSPS) is 25.0. The molecule has 0 aliphatic carbocycles. The molecule has 1 N–H and O–H groups in total. The van der Waals surface area contributed by atoms with Gasteiger partial charge in [-0.3, -0.25) is 10.1 Å². The van der Waals surface area contributed by atoms with Gasteiger partial charge in [-0.05, 0) is 39.4 Å². The maximum atomic E-state index is 12.0. The number of nitrogens with one attached hydrogen (secondary N) is 1. The lowest BCUT2D eigenvalue weighted by Gasteiger charge is -2.23. The number of nitrogens with zero attached hydrogens (tertiary/aromatic N) is 2. The predicted octanol–water partition coefficient (Wildman–Crippen LogP) is 1.27. The lowest BCUT2D eigenvalue weighted by atomic mass is 10.2. The van der Waals surface area contributed by atoms with E-state index in [0.717, 1.165) is 39.0 Å². The van der Waals surface area contributed by atoms with Gasteiger partial charge in [0.25, 0.3) is 0 Å². The molecule has 100 valence electrons. The van der Waals surface area contributed by atoms with E-state index in [4.69, 9.17) is 0 Å². The number of hydrogen-bond donors (Lipinski definition) is 1. The summed E-state index contributed by atoms with van der Waals surface area (Å²) < 4.78 is 0. The highest BCUT2D eigenvalue weighted by molar-refractivity contribution is 5.84. The quantitative estimate of drug-likeness (QED) is 0.729. The zero-order valence-electron chi connectivity index (χ0n) is 11.7. The first-order chi connectivity index (χ1) is 8.13. The third-order valence-corrected chi connectivity index (χ3v) is 3.67. The van der Waals surface area contributed by atoms with Gasteiger partial charge in [0.05, 0.1) is 12.2 Å². The van der Waals surface area contributed by atoms with Crippen LogP contribution in [-0.4, -0.2) is 54.1 Å². The molecule has 1 fully saturated rings. The van der Waals surface area contributed by atoms with E-state index in [1.54, 1.807) is 0 Å². The third-order valence-electron chi connectivity index (χ3n) is 3.67. The zero-order valence-corrected chi connectivity index (χ0v) is 11.7. The lowest BCUT2D eigenvalue weighted by Crippen LogP contribution is -2.37. The van der Waals surface area contributed by atoms with Crippen LogP contribution < -0.4 is 5.32 Å². The van der Waals surface area contributed by atoms with E-state index < -0.39 is 0 Å². The topological polar surface area (TPSA) is 35.6 Å². The number of hydrogen-bond acceptors (Lipinski definition) is 3. The molecule has 0 aromatic heterocycles. The summed E-state index contributed by atoms with van der Waals surface area (Å²) in [5, 5.41) is 3.33. The minimum absolute atomic E-state index is 0.0402. The van der Waals surface area contributed by atoms with Crippen LogP contribution in [-0.2, 0) is 4.79 Å². The Morgan fingerprint density at radius 3 is 2.41 bits per heavy atom. The van der Waals surface area contributed by atoms with Crippen LogP contribution in [0, 0.1) is 0 Å². The Morgan fingerprint density at radius 1 is 1.29 bits per heavy atom. The van der Waals surface area contributed by atoms with Crippen molar-refractivity contribution in [2.24, 2.45) is 0 Å². The van der Waals surface area contributed by atoms with Gasteiger partial charge in [0.1, 0.15) is 0 Å². The zero-order chi connectivity index (χ0) is 12.8. The van der Waals surface area contributed by atoms with Crippen LogP contribution in [0.4, 0.5) is 0 Å². The molecule has 2 atom stereocenters. The summed E-state index contributed by atoms with van der Waals surface area (Å²) in [4.78, 5) is 16.4. The predicted molar refractivity (Wildman–Crippen MR) is 70.8 cm³/mol. The molecule has 0 aromatic carbocycles. The van der Waals surface area contributed by atoms with Crippen molar-refractivity contribution in [3.8, 4) is 0 Å². The lowest BCUT2D eigenvalue weighted by molar-refractivity contribution is -0.130. The minimum Gasteiger partial charge on any atom is -0.326 e. The number of carbonyl (C=O) groups excluding carboxylic acids is 1. The van der Waals surface area contributed by atoms with E-state index in [2.05, 4.69) is 37.9 Å². The van der Waals surface area contributed by atoms with Crippen LogP contribution in [0.25, 0.3) is 0 Å². The van der Waals surface area contributed by atoms with Gasteiger partial charge in [-0.15, -0.1) is 0 Å². The van der Waals surface area contributed by atoms with Crippen molar-refractivity contribution >= 4 is 5.91 Å². The molecular formula is C13H27N3O. The Morgan fingerprint density at radius 2 is 1.94 bits per heavy atom. The first-order valence-electron chi connectivity index (χ1n) is 6.92. The van der Waals surface area contributed by atoms with Gasteiger partial charge in [0.15, 0.2) is 0 Å². The molecule has 0 radical (unpaired) electrons. The summed E-state index contributed by atoms with van der Waals surface area (Å²) in [7, 11) is 0. The Balaban J connectivity index is 2.34. The van der Waals surface area contributed by atoms with Crippen molar-refractivity contribution in [2.75, 3.05) is 26.2 Å². The molecule has 0 spiro atoms. The van der Waals surface area contributed by atoms with Crippen LogP contribution in [0.1, 0.15) is 40.5 Å². The molecular weight excluding hydrogens is 214 g/mol. The Hall–Kier alpha value is -0.610. The van der Waals surface area contributed by atoms with Gasteiger partial charge in [-0.25, -0.2) is 0 Å². The van der Waals surface area contributed by atoms with Gasteiger partial charge in [-0.1, -0.05) is 20.8 Å². The largest absolute Gasteiger partial charge is 0.326 e. The fraction of sp³-hybridized carbons (Fsp3) is 0.923. The molecule has 1 heterocycles. The van der Waals surface area contributed by atoms with Gasteiger partial charge in [-0.2, -0.15) is 0 Å². The van der Waals surface area contributed by atoms with E-state index in [9.17, 15) is 4.79 Å². The van der Waals surface area contributed by atoms with Gasteiger partial charge >= 0.3 is 0 Å². The number of rotatable bonds is 7. The fourth-order valence-corrected chi connectivity index (χ4v) is 2.44. The van der Waals surface area contributed by atoms with Crippen molar-refractivity contribution in [1.82, 2.24) is 15.1 Å². The molecule has 0 saturated carbocycles. The van der Waals surface area contributed by atoms with Crippen molar-refractivity contribution in [2.45, 2.75) is 52.7 Å². The standard InChI is InChI=1S/C13H27N3O/c1-5-12-13(17)16(11(4)14-12)10-8-9-15(6-2)7-3/h11-12,14H,5-10H2,1-4H3. The second kappa shape index (κ2) is 6.97. The number of amides is 1.